The third kappa shape index (κ3) is 5.40. The fourth-order valence-corrected chi connectivity index (χ4v) is 5.57. The molecule has 33 heavy (non-hydrogen) atoms. The second-order valence-electron chi connectivity index (χ2n) is 8.03. The highest BCUT2D eigenvalue weighted by Crippen LogP contribution is 2.30. The summed E-state index contributed by atoms with van der Waals surface area (Å²) in [6, 6.07) is 14.1. The average Bonchev–Trinajstić information content (AvgIpc) is 3.27. The van der Waals surface area contributed by atoms with Crippen LogP contribution >= 0.6 is 0 Å². The van der Waals surface area contributed by atoms with Gasteiger partial charge in [-0.05, 0) is 30.5 Å². The molecule has 0 amide bonds. The van der Waals surface area contributed by atoms with Crippen LogP contribution in [-0.2, 0) is 23.0 Å². The lowest BCUT2D eigenvalue weighted by Gasteiger charge is -2.25. The molecule has 0 atom stereocenters. The largest absolute Gasteiger partial charge is 0.379 e. The van der Waals surface area contributed by atoms with Crippen LogP contribution in [0.25, 0.3) is 0 Å². The molecule has 2 heterocycles. The summed E-state index contributed by atoms with van der Waals surface area (Å²) in [7, 11) is -3.74. The van der Waals surface area contributed by atoms with Gasteiger partial charge in [0, 0.05) is 51.1 Å². The molecule has 1 aromatic heterocycles. The number of rotatable bonds is 9. The molecule has 3 aromatic rings. The molecule has 9 nitrogen and oxygen atoms in total. The number of hydrogen-bond acceptors (Lipinski definition) is 6. The Morgan fingerprint density at radius 3 is 2.55 bits per heavy atom. The van der Waals surface area contributed by atoms with E-state index < -0.39 is 14.9 Å². The maximum Gasteiger partial charge on any atom is 0.293 e. The van der Waals surface area contributed by atoms with Gasteiger partial charge in [0.15, 0.2) is 0 Å². The first-order valence-electron chi connectivity index (χ1n) is 11.0. The van der Waals surface area contributed by atoms with E-state index in [-0.39, 0.29) is 10.6 Å². The van der Waals surface area contributed by atoms with E-state index in [1.54, 1.807) is 6.20 Å². The lowest BCUT2D eigenvalue weighted by molar-refractivity contribution is -0.384. The zero-order chi connectivity index (χ0) is 23.3. The van der Waals surface area contributed by atoms with Crippen LogP contribution in [0, 0.1) is 10.1 Å². The fraction of sp³-hybridized carbons (Fsp3) is 0.348. The Balaban J connectivity index is 1.45. The quantitative estimate of drug-likeness (QED) is 0.378. The summed E-state index contributed by atoms with van der Waals surface area (Å²) in [6.45, 7) is 2.02. The van der Waals surface area contributed by atoms with E-state index in [9.17, 15) is 18.5 Å². The fourth-order valence-electron chi connectivity index (χ4n) is 4.03. The van der Waals surface area contributed by atoms with E-state index in [0.29, 0.717) is 38.3 Å². The van der Waals surface area contributed by atoms with Gasteiger partial charge in [-0.1, -0.05) is 36.8 Å². The van der Waals surface area contributed by atoms with Crippen molar-refractivity contribution in [2.45, 2.75) is 37.1 Å². The minimum atomic E-state index is -3.74. The van der Waals surface area contributed by atoms with Gasteiger partial charge >= 0.3 is 0 Å². The van der Waals surface area contributed by atoms with Crippen LogP contribution in [0.2, 0.25) is 0 Å². The second-order valence-corrected chi connectivity index (χ2v) is 9.97. The molecule has 4 rings (SSSR count). The van der Waals surface area contributed by atoms with E-state index >= 15 is 0 Å². The number of benzene rings is 2. The van der Waals surface area contributed by atoms with Gasteiger partial charge in [0.1, 0.15) is 11.5 Å². The monoisotopic (exact) mass is 469 g/mol. The van der Waals surface area contributed by atoms with Crippen LogP contribution in [0.1, 0.15) is 30.7 Å². The van der Waals surface area contributed by atoms with Crippen LogP contribution in [0.3, 0.4) is 0 Å². The van der Waals surface area contributed by atoms with E-state index in [4.69, 9.17) is 0 Å². The minimum absolute atomic E-state index is 0.0416. The van der Waals surface area contributed by atoms with Crippen molar-refractivity contribution in [2.75, 3.05) is 25.0 Å². The van der Waals surface area contributed by atoms with Crippen LogP contribution in [0.4, 0.5) is 11.4 Å². The zero-order valence-electron chi connectivity index (χ0n) is 18.3. The van der Waals surface area contributed by atoms with Crippen LogP contribution in [-0.4, -0.2) is 46.8 Å². The van der Waals surface area contributed by atoms with Crippen molar-refractivity contribution in [3.8, 4) is 0 Å². The first-order chi connectivity index (χ1) is 15.9. The van der Waals surface area contributed by atoms with Gasteiger partial charge in [-0.25, -0.2) is 13.4 Å². The maximum absolute atomic E-state index is 12.9. The molecule has 10 heteroatoms. The summed E-state index contributed by atoms with van der Waals surface area (Å²) in [4.78, 5) is 15.5. The summed E-state index contributed by atoms with van der Waals surface area (Å²) in [6.07, 6.45) is 6.82. The van der Waals surface area contributed by atoms with Crippen molar-refractivity contribution in [1.29, 1.82) is 0 Å². The number of nitro groups is 1. The molecule has 0 aliphatic carbocycles. The summed E-state index contributed by atoms with van der Waals surface area (Å²) in [5, 5.41) is 14.7. The molecule has 0 unspecified atom stereocenters. The van der Waals surface area contributed by atoms with E-state index in [1.165, 1.54) is 16.4 Å². The molecule has 1 aliphatic heterocycles. The molecular formula is C23H27N5O4S. The summed E-state index contributed by atoms with van der Waals surface area (Å²) in [5.41, 5.74) is 1.20. The van der Waals surface area contributed by atoms with Crippen molar-refractivity contribution >= 4 is 21.4 Å². The van der Waals surface area contributed by atoms with Gasteiger partial charge in [0.25, 0.3) is 5.69 Å². The van der Waals surface area contributed by atoms with Crippen molar-refractivity contribution in [3.05, 3.63) is 82.4 Å². The lowest BCUT2D eigenvalue weighted by atomic mass is 10.2. The van der Waals surface area contributed by atoms with Crippen LogP contribution in [0.5, 0.6) is 0 Å². The van der Waals surface area contributed by atoms with Crippen LogP contribution in [0.15, 0.2) is 65.8 Å². The minimum Gasteiger partial charge on any atom is -0.379 e. The summed E-state index contributed by atoms with van der Waals surface area (Å²) in [5.74, 6) is 0.860. The first kappa shape index (κ1) is 22.9. The van der Waals surface area contributed by atoms with Gasteiger partial charge < -0.3 is 9.88 Å². The number of imidazole rings is 1. The van der Waals surface area contributed by atoms with Gasteiger partial charge in [-0.2, -0.15) is 4.31 Å². The highest BCUT2D eigenvalue weighted by atomic mass is 32.2. The molecule has 0 radical (unpaired) electrons. The number of anilines is 1. The summed E-state index contributed by atoms with van der Waals surface area (Å²) >= 11 is 0. The molecule has 2 aromatic carbocycles. The molecule has 1 saturated heterocycles. The second kappa shape index (κ2) is 10.1. The predicted molar refractivity (Wildman–Crippen MR) is 126 cm³/mol. The molecule has 1 aliphatic rings. The highest BCUT2D eigenvalue weighted by Gasteiger charge is 2.28. The lowest BCUT2D eigenvalue weighted by Crippen LogP contribution is -2.35. The van der Waals surface area contributed by atoms with Crippen molar-refractivity contribution in [3.63, 3.8) is 0 Å². The van der Waals surface area contributed by atoms with Crippen molar-refractivity contribution < 1.29 is 13.3 Å². The Morgan fingerprint density at radius 1 is 1.06 bits per heavy atom. The number of nitrogens with zero attached hydrogens (tertiary/aromatic N) is 4. The van der Waals surface area contributed by atoms with Gasteiger partial charge in [0.05, 0.1) is 9.82 Å². The first-order valence-corrected chi connectivity index (χ1v) is 12.5. The van der Waals surface area contributed by atoms with E-state index in [2.05, 4.69) is 10.3 Å². The molecule has 0 bridgehead atoms. The van der Waals surface area contributed by atoms with Gasteiger partial charge in [-0.15, -0.1) is 0 Å². The molecule has 1 N–H and O–H groups in total. The Labute approximate surface area is 193 Å². The van der Waals surface area contributed by atoms with Crippen molar-refractivity contribution in [2.24, 2.45) is 0 Å². The number of nitrogens with one attached hydrogen (secondary N) is 1. The predicted octanol–water partition coefficient (Wildman–Crippen LogP) is 3.67. The highest BCUT2D eigenvalue weighted by molar-refractivity contribution is 7.89. The standard InChI is InChI=1S/C23H27N5O4S/c29-28(30)22-17-20(33(31,32)27-14-5-2-6-15-27)9-10-21(22)24-12-11-23-25-13-16-26(23)18-19-7-3-1-4-8-19/h1,3-4,7-10,13,16-17,24H,2,5-6,11-12,14-15,18H2. The molecule has 174 valence electrons. The third-order valence-electron chi connectivity index (χ3n) is 5.78. The number of sulfonamides is 1. The topological polar surface area (TPSA) is 110 Å². The maximum atomic E-state index is 12.9. The normalized spacial score (nSPS) is 14.8. The Kier molecular flexibility index (Phi) is 7.05. The van der Waals surface area contributed by atoms with E-state index in [1.807, 2.05) is 41.1 Å². The van der Waals surface area contributed by atoms with Gasteiger partial charge in [-0.3, -0.25) is 10.1 Å². The van der Waals surface area contributed by atoms with Crippen LogP contribution < -0.4 is 5.32 Å². The smallest absolute Gasteiger partial charge is 0.293 e. The number of nitro benzene ring substituents is 1. The average molecular weight is 470 g/mol. The van der Waals surface area contributed by atoms with E-state index in [0.717, 1.165) is 36.7 Å². The third-order valence-corrected chi connectivity index (χ3v) is 7.67. The van der Waals surface area contributed by atoms with Crippen molar-refractivity contribution in [1.82, 2.24) is 13.9 Å². The molecular weight excluding hydrogens is 442 g/mol. The Morgan fingerprint density at radius 2 is 1.82 bits per heavy atom. The Hall–Kier alpha value is -3.24. The number of piperidine rings is 1. The SMILES string of the molecule is O=[N+]([O-])c1cc(S(=O)(=O)N2CCCCC2)ccc1NCCc1nccn1Cc1ccccc1. The zero-order valence-corrected chi connectivity index (χ0v) is 19.1. The molecule has 0 saturated carbocycles. The summed E-state index contributed by atoms with van der Waals surface area (Å²) < 4.78 is 29.3. The Bertz CT molecular complexity index is 1200. The molecule has 0 spiro atoms. The molecule has 1 fully saturated rings. The number of aromatic nitrogens is 2. The van der Waals surface area contributed by atoms with Gasteiger partial charge in [0.2, 0.25) is 10.0 Å². The number of hydrogen-bond donors (Lipinski definition) is 1.